The number of rotatable bonds is 6. The Kier molecular flexibility index (Phi) is 4.03. The Bertz CT molecular complexity index is 478. The topological polar surface area (TPSA) is 12.0 Å². The van der Waals surface area contributed by atoms with Gasteiger partial charge < -0.3 is 5.32 Å². The van der Waals surface area contributed by atoms with Gasteiger partial charge in [-0.05, 0) is 55.4 Å². The first-order chi connectivity index (χ1) is 8.76. The third-order valence-electron chi connectivity index (χ3n) is 3.33. The van der Waals surface area contributed by atoms with Gasteiger partial charge in [0.2, 0.25) is 0 Å². The van der Waals surface area contributed by atoms with E-state index in [0.29, 0.717) is 0 Å². The van der Waals surface area contributed by atoms with Crippen molar-refractivity contribution in [2.75, 3.05) is 5.32 Å². The van der Waals surface area contributed by atoms with Crippen LogP contribution >= 0.6 is 0 Å². The molecule has 1 saturated carbocycles. The Morgan fingerprint density at radius 1 is 1.44 bits per heavy atom. The number of hydrogen-bond donors (Lipinski definition) is 1. The highest BCUT2D eigenvalue weighted by molar-refractivity contribution is 5.60. The van der Waals surface area contributed by atoms with E-state index in [0.717, 1.165) is 18.0 Å². The molecule has 0 aliphatic heterocycles. The Labute approximate surface area is 110 Å². The maximum Gasteiger partial charge on any atom is 0.0422 e. The zero-order valence-electron chi connectivity index (χ0n) is 11.1. The van der Waals surface area contributed by atoms with Crippen LogP contribution in [0, 0.1) is 0 Å². The van der Waals surface area contributed by atoms with Gasteiger partial charge in [-0.25, -0.2) is 0 Å². The van der Waals surface area contributed by atoms with Crippen LogP contribution in [-0.2, 0) is 6.42 Å². The molecule has 18 heavy (non-hydrogen) atoms. The second kappa shape index (κ2) is 5.72. The van der Waals surface area contributed by atoms with Gasteiger partial charge in [-0.2, -0.15) is 0 Å². The summed E-state index contributed by atoms with van der Waals surface area (Å²) in [4.78, 5) is 0. The van der Waals surface area contributed by atoms with Crippen LogP contribution in [-0.4, -0.2) is 0 Å². The average molecular weight is 239 g/mol. The molecule has 1 nitrogen and oxygen atoms in total. The highest BCUT2D eigenvalue weighted by Gasteiger charge is 2.26. The molecule has 0 atom stereocenters. The minimum absolute atomic E-state index is 0.768. The van der Waals surface area contributed by atoms with Gasteiger partial charge in [-0.3, -0.25) is 0 Å². The lowest BCUT2D eigenvalue weighted by Crippen LogP contribution is -2.02. The smallest absolute Gasteiger partial charge is 0.0422 e. The van der Waals surface area contributed by atoms with Crippen LogP contribution in [0.15, 0.2) is 55.3 Å². The Hall–Kier alpha value is -1.76. The molecule has 94 valence electrons. The summed E-state index contributed by atoms with van der Waals surface area (Å²) >= 11 is 0. The standard InChI is InChI=1S/C17H21N/c1-4-6-8-16-15(14-11-12-14)9-7-10-17(16)18-13(3)5-2/h4-7,9-10,14,18H,2-3,8,11-12H2,1H3/b6-4-. The molecular formula is C17H21N. The summed E-state index contributed by atoms with van der Waals surface area (Å²) in [6.07, 6.45) is 9.71. The molecule has 0 saturated heterocycles. The SMILES string of the molecule is C=CC(=C)Nc1cccc(C2CC2)c1C/C=C\C. The number of nitrogens with one attached hydrogen (secondary N) is 1. The number of hydrogen-bond acceptors (Lipinski definition) is 1. The summed E-state index contributed by atoms with van der Waals surface area (Å²) in [5.41, 5.74) is 4.92. The van der Waals surface area contributed by atoms with Crippen LogP contribution in [0.1, 0.15) is 36.8 Å². The molecule has 1 aromatic rings. The summed E-state index contributed by atoms with van der Waals surface area (Å²) in [5, 5.41) is 3.35. The van der Waals surface area contributed by atoms with Gasteiger partial charge in [-0.15, -0.1) is 0 Å². The predicted molar refractivity (Wildman–Crippen MR) is 79.9 cm³/mol. The molecule has 0 spiro atoms. The van der Waals surface area contributed by atoms with E-state index in [9.17, 15) is 0 Å². The normalized spacial score (nSPS) is 14.7. The summed E-state index contributed by atoms with van der Waals surface area (Å²) in [7, 11) is 0. The molecule has 1 aliphatic rings. The molecule has 2 rings (SSSR count). The van der Waals surface area contributed by atoms with Gasteiger partial charge >= 0.3 is 0 Å². The van der Waals surface area contributed by atoms with Crippen LogP contribution < -0.4 is 5.32 Å². The third-order valence-corrected chi connectivity index (χ3v) is 3.33. The average Bonchev–Trinajstić information content (AvgIpc) is 3.21. The molecule has 0 bridgehead atoms. The lowest BCUT2D eigenvalue weighted by molar-refractivity contribution is 1.07. The lowest BCUT2D eigenvalue weighted by atomic mass is 9.98. The van der Waals surface area contributed by atoms with Crippen LogP contribution in [0.5, 0.6) is 0 Å². The van der Waals surface area contributed by atoms with Crippen molar-refractivity contribution in [3.63, 3.8) is 0 Å². The van der Waals surface area contributed by atoms with E-state index in [4.69, 9.17) is 0 Å². The molecule has 0 amide bonds. The zero-order valence-corrected chi connectivity index (χ0v) is 11.1. The summed E-state index contributed by atoms with van der Waals surface area (Å²) in [6.45, 7) is 9.74. The highest BCUT2D eigenvalue weighted by atomic mass is 14.9. The first-order valence-corrected chi connectivity index (χ1v) is 6.57. The fourth-order valence-electron chi connectivity index (χ4n) is 2.19. The van der Waals surface area contributed by atoms with Gasteiger partial charge in [0.1, 0.15) is 0 Å². The zero-order chi connectivity index (χ0) is 13.0. The van der Waals surface area contributed by atoms with Crippen LogP contribution in [0.3, 0.4) is 0 Å². The monoisotopic (exact) mass is 239 g/mol. The van der Waals surface area contributed by atoms with Gasteiger partial charge in [0.15, 0.2) is 0 Å². The van der Waals surface area contributed by atoms with Crippen molar-refractivity contribution in [2.45, 2.75) is 32.1 Å². The largest absolute Gasteiger partial charge is 0.356 e. The van der Waals surface area contributed by atoms with Gasteiger partial charge in [0.05, 0.1) is 0 Å². The van der Waals surface area contributed by atoms with Crippen molar-refractivity contribution in [1.82, 2.24) is 0 Å². The van der Waals surface area contributed by atoms with E-state index < -0.39 is 0 Å². The lowest BCUT2D eigenvalue weighted by Gasteiger charge is -2.15. The molecule has 1 aliphatic carbocycles. The molecular weight excluding hydrogens is 218 g/mol. The van der Waals surface area contributed by atoms with Crippen LogP contribution in [0.25, 0.3) is 0 Å². The Balaban J connectivity index is 2.33. The number of allylic oxidation sites excluding steroid dienone is 3. The second-order valence-electron chi connectivity index (χ2n) is 4.78. The van der Waals surface area contributed by atoms with Crippen molar-refractivity contribution in [3.8, 4) is 0 Å². The van der Waals surface area contributed by atoms with E-state index in [-0.39, 0.29) is 0 Å². The third kappa shape index (κ3) is 2.92. The molecule has 1 aromatic carbocycles. The van der Waals surface area contributed by atoms with E-state index >= 15 is 0 Å². The van der Waals surface area contributed by atoms with Gasteiger partial charge in [0.25, 0.3) is 0 Å². The molecule has 0 radical (unpaired) electrons. The van der Waals surface area contributed by atoms with Crippen molar-refractivity contribution in [2.24, 2.45) is 0 Å². The van der Waals surface area contributed by atoms with Crippen molar-refractivity contribution >= 4 is 5.69 Å². The number of benzene rings is 1. The quantitative estimate of drug-likeness (QED) is 0.555. The van der Waals surface area contributed by atoms with E-state index in [2.05, 4.69) is 55.7 Å². The minimum atomic E-state index is 0.768. The second-order valence-corrected chi connectivity index (χ2v) is 4.78. The van der Waals surface area contributed by atoms with Gasteiger partial charge in [0, 0.05) is 11.4 Å². The van der Waals surface area contributed by atoms with E-state index in [1.54, 1.807) is 6.08 Å². The van der Waals surface area contributed by atoms with Crippen LogP contribution in [0.4, 0.5) is 5.69 Å². The fourth-order valence-corrected chi connectivity index (χ4v) is 2.19. The molecule has 0 heterocycles. The first-order valence-electron chi connectivity index (χ1n) is 6.57. The number of anilines is 1. The van der Waals surface area contributed by atoms with E-state index in [1.165, 1.54) is 29.7 Å². The summed E-state index contributed by atoms with van der Waals surface area (Å²) < 4.78 is 0. The minimum Gasteiger partial charge on any atom is -0.356 e. The van der Waals surface area contributed by atoms with Crippen LogP contribution in [0.2, 0.25) is 0 Å². The Morgan fingerprint density at radius 3 is 2.83 bits per heavy atom. The maximum absolute atomic E-state index is 3.93. The molecule has 1 N–H and O–H groups in total. The molecule has 0 aromatic heterocycles. The van der Waals surface area contributed by atoms with Crippen molar-refractivity contribution in [1.29, 1.82) is 0 Å². The Morgan fingerprint density at radius 2 is 2.22 bits per heavy atom. The molecule has 1 heteroatoms. The van der Waals surface area contributed by atoms with Gasteiger partial charge in [-0.1, -0.05) is 37.4 Å². The molecule has 1 fully saturated rings. The fraction of sp³-hybridized carbons (Fsp3) is 0.294. The highest BCUT2D eigenvalue weighted by Crippen LogP contribution is 2.43. The first kappa shape index (κ1) is 12.7. The molecule has 0 unspecified atom stereocenters. The van der Waals surface area contributed by atoms with Crippen molar-refractivity contribution < 1.29 is 0 Å². The van der Waals surface area contributed by atoms with Crippen molar-refractivity contribution in [3.05, 3.63) is 66.4 Å². The predicted octanol–water partition coefficient (Wildman–Crippen LogP) is 4.79. The summed E-state index contributed by atoms with van der Waals surface area (Å²) in [6, 6.07) is 6.52. The summed E-state index contributed by atoms with van der Waals surface area (Å²) in [5.74, 6) is 0.768. The van der Waals surface area contributed by atoms with E-state index in [1.807, 2.05) is 0 Å². The maximum atomic E-state index is 3.93.